The first-order valence-electron chi connectivity index (χ1n) is 12.3. The summed E-state index contributed by atoms with van der Waals surface area (Å²) in [7, 11) is 0. The number of urea groups is 1. The van der Waals surface area contributed by atoms with Gasteiger partial charge in [-0.3, -0.25) is 9.69 Å². The van der Waals surface area contributed by atoms with Crippen LogP contribution in [0.3, 0.4) is 0 Å². The number of halogens is 6. The zero-order valence-corrected chi connectivity index (χ0v) is 21.4. The van der Waals surface area contributed by atoms with Gasteiger partial charge in [-0.1, -0.05) is 25.5 Å². The lowest BCUT2D eigenvalue weighted by atomic mass is 9.90. The second-order valence-corrected chi connectivity index (χ2v) is 9.56. The zero-order chi connectivity index (χ0) is 29.5. The van der Waals surface area contributed by atoms with E-state index in [-0.39, 0.29) is 44.1 Å². The van der Waals surface area contributed by atoms with Crippen molar-refractivity contribution in [2.45, 2.75) is 56.6 Å². The lowest BCUT2D eigenvalue weighted by Crippen LogP contribution is -2.53. The first kappa shape index (κ1) is 29.3. The van der Waals surface area contributed by atoms with Gasteiger partial charge in [0, 0.05) is 12.1 Å². The number of hydrogen-bond acceptors (Lipinski definition) is 6. The number of nitrogens with one attached hydrogen (secondary N) is 1. The summed E-state index contributed by atoms with van der Waals surface area (Å²) in [6, 6.07) is 6.31. The zero-order valence-electron chi connectivity index (χ0n) is 21.4. The number of carbonyl (C=O) groups is 2. The molecule has 0 radical (unpaired) electrons. The summed E-state index contributed by atoms with van der Waals surface area (Å²) in [5.41, 5.74) is -7.26. The molecule has 2 aliphatic heterocycles. The lowest BCUT2D eigenvalue weighted by Gasteiger charge is -2.33. The number of alkyl halides is 6. The van der Waals surface area contributed by atoms with E-state index < -0.39 is 41.0 Å². The minimum absolute atomic E-state index is 0.0275. The molecule has 0 bridgehead atoms. The summed E-state index contributed by atoms with van der Waals surface area (Å²) in [6.45, 7) is 3.09. The Kier molecular flexibility index (Phi) is 7.60. The average molecular weight is 576 g/mol. The van der Waals surface area contributed by atoms with E-state index in [1.165, 1.54) is 0 Å². The monoisotopic (exact) mass is 576 g/mol. The van der Waals surface area contributed by atoms with Gasteiger partial charge in [0.15, 0.2) is 11.5 Å². The van der Waals surface area contributed by atoms with Gasteiger partial charge in [0.25, 0.3) is 11.5 Å². The van der Waals surface area contributed by atoms with E-state index >= 15 is 0 Å². The van der Waals surface area contributed by atoms with Crippen molar-refractivity contribution in [3.63, 3.8) is 0 Å². The van der Waals surface area contributed by atoms with E-state index in [0.29, 0.717) is 35.6 Å². The van der Waals surface area contributed by atoms with E-state index in [1.807, 2.05) is 0 Å². The van der Waals surface area contributed by atoms with Crippen molar-refractivity contribution in [2.24, 2.45) is 0 Å². The summed E-state index contributed by atoms with van der Waals surface area (Å²) >= 11 is 0. The van der Waals surface area contributed by atoms with Crippen LogP contribution in [0.4, 0.5) is 31.1 Å². The van der Waals surface area contributed by atoms with Crippen LogP contribution in [-0.4, -0.2) is 54.2 Å². The fourth-order valence-electron chi connectivity index (χ4n) is 4.61. The molecule has 1 fully saturated rings. The van der Waals surface area contributed by atoms with Gasteiger partial charge in [-0.25, -0.2) is 4.79 Å². The van der Waals surface area contributed by atoms with E-state index in [2.05, 4.69) is 5.32 Å². The van der Waals surface area contributed by atoms with E-state index in [9.17, 15) is 41.0 Å². The molecule has 2 aliphatic rings. The molecule has 2 aromatic rings. The van der Waals surface area contributed by atoms with Crippen molar-refractivity contribution in [3.8, 4) is 17.2 Å². The predicted octanol–water partition coefficient (Wildman–Crippen LogP) is 4.92. The maximum Gasteiger partial charge on any atom is 0.430 e. The van der Waals surface area contributed by atoms with Crippen molar-refractivity contribution in [2.75, 3.05) is 19.9 Å². The number of fused-ring (bicyclic) bond motifs is 1. The Bertz CT molecular complexity index is 1280. The molecule has 40 heavy (non-hydrogen) atoms. The predicted molar refractivity (Wildman–Crippen MR) is 127 cm³/mol. The fraction of sp³-hybridized carbons (Fsp3) is 0.462. The molecular weight excluding hydrogens is 550 g/mol. The number of rotatable bonds is 9. The number of aryl methyl sites for hydroxylation is 1. The fourth-order valence-corrected chi connectivity index (χ4v) is 4.61. The number of amides is 3. The molecule has 4 rings (SSSR count). The van der Waals surface area contributed by atoms with Gasteiger partial charge >= 0.3 is 18.4 Å². The number of aliphatic hydroxyl groups is 1. The molecule has 0 saturated carbocycles. The molecule has 0 spiro atoms. The van der Waals surface area contributed by atoms with Crippen LogP contribution in [0.25, 0.3) is 0 Å². The molecule has 8 nitrogen and oxygen atoms in total. The third-order valence-electron chi connectivity index (χ3n) is 6.83. The third kappa shape index (κ3) is 5.00. The molecule has 218 valence electrons. The molecule has 0 aromatic heterocycles. The Morgan fingerprint density at radius 2 is 1.70 bits per heavy atom. The lowest BCUT2D eigenvalue weighted by molar-refractivity contribution is -0.376. The van der Waals surface area contributed by atoms with Gasteiger partial charge in [-0.15, -0.1) is 0 Å². The van der Waals surface area contributed by atoms with Crippen LogP contribution in [0.1, 0.15) is 43.4 Å². The normalized spacial score (nSPS) is 19.3. The molecule has 2 heterocycles. The van der Waals surface area contributed by atoms with Crippen LogP contribution in [0.2, 0.25) is 0 Å². The number of carbonyl (C=O) groups excluding carboxylic acids is 2. The maximum absolute atomic E-state index is 13.3. The van der Waals surface area contributed by atoms with Crippen LogP contribution in [-0.2, 0) is 22.4 Å². The van der Waals surface area contributed by atoms with Crippen LogP contribution in [0.5, 0.6) is 17.2 Å². The standard InChI is InChI=1S/C26H26F6N2O6/c1-3-5-15-12-17(24(37,25(27,28)29)26(30,31)32)7-8-18(15)38-11-4-10-34-21(35)23(2,33-22(34)36)16-6-9-19-20(13-16)40-14-39-19/h6-9,12-13,37H,3-5,10-11,14H2,1-2H3,(H,33,36). The van der Waals surface area contributed by atoms with Crippen molar-refractivity contribution >= 4 is 11.9 Å². The molecule has 2 aromatic carbocycles. The van der Waals surface area contributed by atoms with Crippen molar-refractivity contribution in [3.05, 3.63) is 53.1 Å². The number of ether oxygens (including phenoxy) is 3. The van der Waals surface area contributed by atoms with Gasteiger partial charge < -0.3 is 24.6 Å². The highest BCUT2D eigenvalue weighted by molar-refractivity contribution is 6.07. The van der Waals surface area contributed by atoms with Gasteiger partial charge in [-0.05, 0) is 55.2 Å². The van der Waals surface area contributed by atoms with Gasteiger partial charge in [0.05, 0.1) is 6.61 Å². The SMILES string of the molecule is CCCc1cc(C(O)(C(F)(F)F)C(F)(F)F)ccc1OCCCN1C(=O)NC(C)(c2ccc3c(c2)OCO3)C1=O. The average Bonchev–Trinajstić information content (AvgIpc) is 3.43. The first-order valence-corrected chi connectivity index (χ1v) is 12.3. The quantitative estimate of drug-likeness (QED) is 0.250. The second kappa shape index (κ2) is 10.4. The topological polar surface area (TPSA) is 97.3 Å². The molecule has 2 N–H and O–H groups in total. The summed E-state index contributed by atoms with van der Waals surface area (Å²) < 4.78 is 96.0. The number of nitrogens with zero attached hydrogens (tertiary/aromatic N) is 1. The molecule has 14 heteroatoms. The molecule has 1 atom stereocenters. The van der Waals surface area contributed by atoms with Gasteiger partial charge in [0.2, 0.25) is 6.79 Å². The highest BCUT2D eigenvalue weighted by Crippen LogP contribution is 2.50. The Balaban J connectivity index is 1.44. The summed E-state index contributed by atoms with van der Waals surface area (Å²) in [6.07, 6.45) is -11.4. The Morgan fingerprint density at radius 3 is 2.35 bits per heavy atom. The third-order valence-corrected chi connectivity index (χ3v) is 6.83. The van der Waals surface area contributed by atoms with Crippen LogP contribution < -0.4 is 19.5 Å². The number of benzene rings is 2. The molecular formula is C26H26F6N2O6. The minimum atomic E-state index is -6.00. The van der Waals surface area contributed by atoms with E-state index in [4.69, 9.17) is 14.2 Å². The smallest absolute Gasteiger partial charge is 0.430 e. The largest absolute Gasteiger partial charge is 0.493 e. The van der Waals surface area contributed by atoms with Gasteiger partial charge in [0.1, 0.15) is 11.3 Å². The highest BCUT2D eigenvalue weighted by Gasteiger charge is 2.71. The first-order chi connectivity index (χ1) is 18.6. The Morgan fingerprint density at radius 1 is 1.02 bits per heavy atom. The van der Waals surface area contributed by atoms with Crippen molar-refractivity contribution in [1.82, 2.24) is 10.2 Å². The minimum Gasteiger partial charge on any atom is -0.493 e. The molecule has 3 amide bonds. The summed E-state index contributed by atoms with van der Waals surface area (Å²) in [4.78, 5) is 26.7. The molecule has 1 unspecified atom stereocenters. The second-order valence-electron chi connectivity index (χ2n) is 9.56. The summed E-state index contributed by atoms with van der Waals surface area (Å²) in [5, 5.41) is 12.4. The van der Waals surface area contributed by atoms with Gasteiger partial charge in [-0.2, -0.15) is 26.3 Å². The van der Waals surface area contributed by atoms with Crippen molar-refractivity contribution in [1.29, 1.82) is 0 Å². The van der Waals surface area contributed by atoms with E-state index in [0.717, 1.165) is 11.0 Å². The van der Waals surface area contributed by atoms with E-state index in [1.54, 1.807) is 32.0 Å². The van der Waals surface area contributed by atoms with Crippen LogP contribution >= 0.6 is 0 Å². The number of hydrogen-bond donors (Lipinski definition) is 2. The summed E-state index contributed by atoms with van der Waals surface area (Å²) in [5.74, 6) is 0.450. The number of imide groups is 1. The van der Waals surface area contributed by atoms with Crippen molar-refractivity contribution < 1.29 is 55.2 Å². The molecule has 1 saturated heterocycles. The van der Waals surface area contributed by atoms with Crippen LogP contribution in [0.15, 0.2) is 36.4 Å². The maximum atomic E-state index is 13.3. The van der Waals surface area contributed by atoms with Crippen LogP contribution in [0, 0.1) is 0 Å². The Labute approximate surface area is 224 Å². The molecule has 0 aliphatic carbocycles. The Hall–Kier alpha value is -3.68. The highest BCUT2D eigenvalue weighted by atomic mass is 19.4.